The molecule has 2 rings (SSSR count). The Morgan fingerprint density at radius 1 is 1.40 bits per heavy atom. The maximum Gasteiger partial charge on any atom is 0 e. The normalized spacial score (nSPS) is 12.4. The van der Waals surface area contributed by atoms with E-state index in [1.807, 2.05) is 12.1 Å². The van der Waals surface area contributed by atoms with Crippen molar-refractivity contribution in [3.63, 3.8) is 0 Å². The van der Waals surface area contributed by atoms with Crippen LogP contribution in [0.2, 0.25) is 0 Å². The molecule has 1 aromatic rings. The van der Waals surface area contributed by atoms with Gasteiger partial charge in [0.15, 0.2) is 0 Å². The predicted molar refractivity (Wildman–Crippen MR) is 38.0 cm³/mol. The second kappa shape index (κ2) is 3.30. The van der Waals surface area contributed by atoms with Gasteiger partial charge in [-0.15, -0.1) is 17.2 Å². The van der Waals surface area contributed by atoms with E-state index in [0.717, 1.165) is 6.42 Å². The molecule has 0 N–H and O–H groups in total. The Morgan fingerprint density at radius 2 is 2.30 bits per heavy atom. The second-order valence-corrected chi connectivity index (χ2v) is 2.23. The van der Waals surface area contributed by atoms with Crippen molar-refractivity contribution in [2.75, 3.05) is 0 Å². The van der Waals surface area contributed by atoms with E-state index < -0.39 is 0 Å². The number of fused-ring (bicyclic) bond motifs is 1. The molecule has 1 aromatic carbocycles. The van der Waals surface area contributed by atoms with E-state index >= 15 is 0 Å². The molecule has 0 saturated heterocycles. The van der Waals surface area contributed by atoms with Gasteiger partial charge in [-0.2, -0.15) is 24.3 Å². The standard InChI is InChI=1S/C9H7.Zr/c1-2-5-9-7-3-6-8(9)4-1;/h1,3-5,7H,6H2;/q-1;. The molecule has 0 spiro atoms. The van der Waals surface area contributed by atoms with Crippen LogP contribution in [0.25, 0.3) is 6.08 Å². The fourth-order valence-corrected chi connectivity index (χ4v) is 1.13. The first-order valence-corrected chi connectivity index (χ1v) is 3.12. The number of allylic oxidation sites excluding steroid dienone is 1. The quantitative estimate of drug-likeness (QED) is 0.570. The van der Waals surface area contributed by atoms with Crippen molar-refractivity contribution in [1.82, 2.24) is 0 Å². The van der Waals surface area contributed by atoms with E-state index in [-0.39, 0.29) is 26.2 Å². The minimum atomic E-state index is 0. The van der Waals surface area contributed by atoms with Crippen LogP contribution in [0.15, 0.2) is 24.3 Å². The molecule has 0 fully saturated rings. The van der Waals surface area contributed by atoms with E-state index in [1.54, 1.807) is 0 Å². The number of hydrogen-bond donors (Lipinski definition) is 0. The van der Waals surface area contributed by atoms with E-state index in [2.05, 4.69) is 24.3 Å². The fourth-order valence-electron chi connectivity index (χ4n) is 1.13. The molecule has 0 aliphatic heterocycles. The van der Waals surface area contributed by atoms with E-state index in [9.17, 15) is 0 Å². The third kappa shape index (κ3) is 1.29. The van der Waals surface area contributed by atoms with Gasteiger partial charge in [-0.25, -0.2) is 0 Å². The molecule has 0 nitrogen and oxygen atoms in total. The summed E-state index contributed by atoms with van der Waals surface area (Å²) in [6.45, 7) is 0. The van der Waals surface area contributed by atoms with Crippen LogP contribution in [0.4, 0.5) is 0 Å². The zero-order valence-corrected chi connectivity index (χ0v) is 8.05. The summed E-state index contributed by atoms with van der Waals surface area (Å²) in [6, 6.07) is 9.15. The van der Waals surface area contributed by atoms with Crippen molar-refractivity contribution in [1.29, 1.82) is 0 Å². The van der Waals surface area contributed by atoms with E-state index in [4.69, 9.17) is 0 Å². The minimum absolute atomic E-state index is 0. The summed E-state index contributed by atoms with van der Waals surface area (Å²) in [5.41, 5.74) is 2.76. The van der Waals surface area contributed by atoms with Gasteiger partial charge < -0.3 is 0 Å². The summed E-state index contributed by atoms with van der Waals surface area (Å²) < 4.78 is 0. The minimum Gasteiger partial charge on any atom is -0.183 e. The second-order valence-electron chi connectivity index (χ2n) is 2.23. The Bertz CT molecular complexity index is 251. The Labute approximate surface area is 80.1 Å². The third-order valence-corrected chi connectivity index (χ3v) is 1.63. The van der Waals surface area contributed by atoms with Gasteiger partial charge in [0.2, 0.25) is 0 Å². The molecule has 0 atom stereocenters. The topological polar surface area (TPSA) is 0 Å². The number of hydrogen-bond acceptors (Lipinski definition) is 0. The number of rotatable bonds is 0. The largest absolute Gasteiger partial charge is 0.183 e. The zero-order valence-electron chi connectivity index (χ0n) is 5.59. The van der Waals surface area contributed by atoms with Gasteiger partial charge in [0.05, 0.1) is 0 Å². The van der Waals surface area contributed by atoms with Crippen molar-refractivity contribution >= 4 is 6.08 Å². The van der Waals surface area contributed by atoms with E-state index in [1.165, 1.54) is 11.1 Å². The molecule has 0 heterocycles. The van der Waals surface area contributed by atoms with Gasteiger partial charge in [-0.05, 0) is 6.42 Å². The molecule has 0 saturated carbocycles. The first-order valence-electron chi connectivity index (χ1n) is 3.12. The first kappa shape index (κ1) is 7.94. The Morgan fingerprint density at radius 3 is 3.10 bits per heavy atom. The maximum atomic E-state index is 3.04. The van der Waals surface area contributed by atoms with Gasteiger partial charge in [0, 0.05) is 26.2 Å². The molecule has 1 aliphatic rings. The van der Waals surface area contributed by atoms with Crippen LogP contribution in [0.1, 0.15) is 11.1 Å². The molecular formula is C9H7Zr-. The Kier molecular flexibility index (Phi) is 2.62. The van der Waals surface area contributed by atoms with Crippen molar-refractivity contribution in [3.05, 3.63) is 41.5 Å². The van der Waals surface area contributed by atoms with Crippen molar-refractivity contribution < 1.29 is 26.2 Å². The Balaban J connectivity index is 0.000000500. The average molecular weight is 206 g/mol. The third-order valence-electron chi connectivity index (χ3n) is 1.63. The monoisotopic (exact) mass is 205 g/mol. The SMILES string of the molecule is [Zr].[c-]1ccc2c(c1)C=CC2. The van der Waals surface area contributed by atoms with Crippen LogP contribution in [-0.4, -0.2) is 0 Å². The van der Waals surface area contributed by atoms with Gasteiger partial charge in [-0.3, -0.25) is 0 Å². The van der Waals surface area contributed by atoms with Crippen LogP contribution in [0, 0.1) is 6.07 Å². The van der Waals surface area contributed by atoms with Gasteiger partial charge in [0.25, 0.3) is 0 Å². The smallest absolute Gasteiger partial charge is 0 e. The molecule has 0 radical (unpaired) electrons. The fraction of sp³-hybridized carbons (Fsp3) is 0.111. The van der Waals surface area contributed by atoms with Gasteiger partial charge in [-0.1, -0.05) is 6.08 Å². The van der Waals surface area contributed by atoms with Crippen LogP contribution >= 0.6 is 0 Å². The van der Waals surface area contributed by atoms with Gasteiger partial charge >= 0.3 is 0 Å². The van der Waals surface area contributed by atoms with Crippen molar-refractivity contribution in [3.8, 4) is 0 Å². The first-order chi connectivity index (χ1) is 4.47. The molecule has 48 valence electrons. The molecule has 1 aliphatic carbocycles. The van der Waals surface area contributed by atoms with Gasteiger partial charge in [0.1, 0.15) is 0 Å². The summed E-state index contributed by atoms with van der Waals surface area (Å²) in [5, 5.41) is 0. The van der Waals surface area contributed by atoms with Crippen molar-refractivity contribution in [2.24, 2.45) is 0 Å². The number of benzene rings is 1. The maximum absolute atomic E-state index is 3.04. The molecule has 10 heavy (non-hydrogen) atoms. The van der Waals surface area contributed by atoms with E-state index in [0.29, 0.717) is 0 Å². The summed E-state index contributed by atoms with van der Waals surface area (Å²) >= 11 is 0. The predicted octanol–water partition coefficient (Wildman–Crippen LogP) is 2.05. The van der Waals surface area contributed by atoms with Crippen molar-refractivity contribution in [2.45, 2.75) is 6.42 Å². The van der Waals surface area contributed by atoms with Crippen LogP contribution in [0.5, 0.6) is 0 Å². The Hall–Kier alpha value is -0.157. The molecule has 0 bridgehead atoms. The van der Waals surface area contributed by atoms with Crippen LogP contribution in [0.3, 0.4) is 0 Å². The average Bonchev–Trinajstić information content (AvgIpc) is 2.33. The molecule has 0 unspecified atom stereocenters. The summed E-state index contributed by atoms with van der Waals surface area (Å²) in [4.78, 5) is 0. The zero-order chi connectivity index (χ0) is 6.10. The molecule has 1 heteroatoms. The molecular weight excluding hydrogens is 199 g/mol. The summed E-state index contributed by atoms with van der Waals surface area (Å²) in [6.07, 6.45) is 5.42. The van der Waals surface area contributed by atoms with Crippen LogP contribution < -0.4 is 0 Å². The summed E-state index contributed by atoms with van der Waals surface area (Å²) in [7, 11) is 0. The molecule has 0 aromatic heterocycles. The summed E-state index contributed by atoms with van der Waals surface area (Å²) in [5.74, 6) is 0. The van der Waals surface area contributed by atoms with Crippen LogP contribution in [-0.2, 0) is 32.6 Å². The molecule has 0 amide bonds.